The summed E-state index contributed by atoms with van der Waals surface area (Å²) in [5, 5.41) is 9.06. The predicted octanol–water partition coefficient (Wildman–Crippen LogP) is 2.44. The van der Waals surface area contributed by atoms with E-state index in [1.807, 2.05) is 44.2 Å². The molecule has 1 aromatic rings. The maximum atomic E-state index is 12.8. The number of aliphatic carboxylic acids is 1. The number of amides is 1. The van der Waals surface area contributed by atoms with E-state index in [0.29, 0.717) is 19.4 Å². The van der Waals surface area contributed by atoms with Crippen molar-refractivity contribution in [1.29, 1.82) is 0 Å². The monoisotopic (exact) mass is 319 g/mol. The van der Waals surface area contributed by atoms with Gasteiger partial charge in [-0.25, -0.2) is 0 Å². The van der Waals surface area contributed by atoms with Crippen molar-refractivity contribution >= 4 is 11.9 Å². The van der Waals surface area contributed by atoms with Gasteiger partial charge < -0.3 is 14.7 Å². The molecule has 0 aromatic heterocycles. The summed E-state index contributed by atoms with van der Waals surface area (Å²) in [4.78, 5) is 25.5. The molecule has 1 heterocycles. The zero-order chi connectivity index (χ0) is 17.0. The summed E-state index contributed by atoms with van der Waals surface area (Å²) < 4.78 is 5.33. The molecule has 23 heavy (non-hydrogen) atoms. The summed E-state index contributed by atoms with van der Waals surface area (Å²) in [5.74, 6) is -0.892. The summed E-state index contributed by atoms with van der Waals surface area (Å²) in [6, 6.07) is 9.63. The van der Waals surface area contributed by atoms with Gasteiger partial charge in [0.05, 0.1) is 12.5 Å². The van der Waals surface area contributed by atoms with Crippen molar-refractivity contribution in [3.05, 3.63) is 35.9 Å². The molecule has 0 radical (unpaired) electrons. The van der Waals surface area contributed by atoms with E-state index in [9.17, 15) is 9.59 Å². The Morgan fingerprint density at radius 2 is 1.96 bits per heavy atom. The van der Waals surface area contributed by atoms with Gasteiger partial charge in [0, 0.05) is 26.1 Å². The number of carbonyl (C=O) groups is 2. The standard InChI is InChI=1S/C18H25NO4/c1-18(2,13-7-5-4-6-8-13)11-16(20)19-12-15(23-3)9-14(19)10-17(21)22/h4-8,14-15H,9-12H2,1-3H3,(H,21,22). The van der Waals surface area contributed by atoms with Gasteiger partial charge in [-0.2, -0.15) is 0 Å². The maximum Gasteiger partial charge on any atom is 0.305 e. The van der Waals surface area contributed by atoms with Gasteiger partial charge in [-0.1, -0.05) is 44.2 Å². The third-order valence-electron chi connectivity index (χ3n) is 4.59. The average molecular weight is 319 g/mol. The summed E-state index contributed by atoms with van der Waals surface area (Å²) in [6.45, 7) is 4.55. The van der Waals surface area contributed by atoms with Crippen LogP contribution in [0.2, 0.25) is 0 Å². The number of ether oxygens (including phenoxy) is 1. The van der Waals surface area contributed by atoms with Gasteiger partial charge in [0.1, 0.15) is 0 Å². The molecule has 0 spiro atoms. The Balaban J connectivity index is 2.10. The summed E-state index contributed by atoms with van der Waals surface area (Å²) in [6.07, 6.45) is 0.824. The normalized spacial score (nSPS) is 21.4. The van der Waals surface area contributed by atoms with Crippen LogP contribution in [0.4, 0.5) is 0 Å². The van der Waals surface area contributed by atoms with Crippen LogP contribution >= 0.6 is 0 Å². The van der Waals surface area contributed by atoms with Crippen molar-refractivity contribution in [2.45, 2.75) is 50.7 Å². The molecule has 1 amide bonds. The van der Waals surface area contributed by atoms with Crippen molar-refractivity contribution in [3.63, 3.8) is 0 Å². The van der Waals surface area contributed by atoms with Crippen molar-refractivity contribution in [2.75, 3.05) is 13.7 Å². The first-order valence-electron chi connectivity index (χ1n) is 7.93. The second-order valence-corrected chi connectivity index (χ2v) is 6.82. The molecule has 5 heteroatoms. The summed E-state index contributed by atoms with van der Waals surface area (Å²) in [7, 11) is 1.60. The topological polar surface area (TPSA) is 66.8 Å². The molecular weight excluding hydrogens is 294 g/mol. The molecule has 1 fully saturated rings. The maximum absolute atomic E-state index is 12.8. The van der Waals surface area contributed by atoms with Crippen LogP contribution in [-0.2, 0) is 19.7 Å². The van der Waals surface area contributed by atoms with Gasteiger partial charge in [0.15, 0.2) is 0 Å². The molecular formula is C18H25NO4. The van der Waals surface area contributed by atoms with E-state index < -0.39 is 5.97 Å². The number of nitrogens with zero attached hydrogens (tertiary/aromatic N) is 1. The van der Waals surface area contributed by atoms with Gasteiger partial charge in [-0.15, -0.1) is 0 Å². The number of hydrogen-bond donors (Lipinski definition) is 1. The first-order valence-corrected chi connectivity index (χ1v) is 7.93. The van der Waals surface area contributed by atoms with Crippen LogP contribution < -0.4 is 0 Å². The van der Waals surface area contributed by atoms with E-state index in [4.69, 9.17) is 9.84 Å². The molecule has 5 nitrogen and oxygen atoms in total. The molecule has 0 bridgehead atoms. The lowest BCUT2D eigenvalue weighted by Crippen LogP contribution is -2.40. The minimum absolute atomic E-state index is 0.00958. The molecule has 2 unspecified atom stereocenters. The smallest absolute Gasteiger partial charge is 0.305 e. The number of likely N-dealkylation sites (tertiary alicyclic amines) is 1. The zero-order valence-electron chi connectivity index (χ0n) is 14.0. The second-order valence-electron chi connectivity index (χ2n) is 6.82. The first-order chi connectivity index (χ1) is 10.8. The van der Waals surface area contributed by atoms with Gasteiger partial charge >= 0.3 is 5.97 Å². The minimum atomic E-state index is -0.883. The molecule has 1 saturated heterocycles. The van der Waals surface area contributed by atoms with E-state index in [1.165, 1.54) is 0 Å². The van der Waals surface area contributed by atoms with Gasteiger partial charge in [-0.05, 0) is 17.4 Å². The summed E-state index contributed by atoms with van der Waals surface area (Å²) >= 11 is 0. The number of benzene rings is 1. The lowest BCUT2D eigenvalue weighted by Gasteiger charge is -2.30. The highest BCUT2D eigenvalue weighted by Crippen LogP contribution is 2.30. The Kier molecular flexibility index (Phi) is 5.42. The highest BCUT2D eigenvalue weighted by atomic mass is 16.5. The van der Waals surface area contributed by atoms with Crippen molar-refractivity contribution in [3.8, 4) is 0 Å². The minimum Gasteiger partial charge on any atom is -0.481 e. The Labute approximate surface area is 137 Å². The lowest BCUT2D eigenvalue weighted by molar-refractivity contribution is -0.140. The van der Waals surface area contributed by atoms with Crippen molar-refractivity contribution < 1.29 is 19.4 Å². The molecule has 0 saturated carbocycles. The number of carbonyl (C=O) groups excluding carboxylic acids is 1. The largest absolute Gasteiger partial charge is 0.481 e. The number of hydrogen-bond acceptors (Lipinski definition) is 3. The summed E-state index contributed by atoms with van der Waals surface area (Å²) in [5.41, 5.74) is 0.808. The molecule has 1 aliphatic heterocycles. The van der Waals surface area contributed by atoms with Crippen LogP contribution in [0.15, 0.2) is 30.3 Å². The molecule has 0 aliphatic carbocycles. The van der Waals surface area contributed by atoms with Gasteiger partial charge in [0.2, 0.25) is 5.91 Å². The van der Waals surface area contributed by atoms with E-state index in [-0.39, 0.29) is 29.9 Å². The molecule has 2 atom stereocenters. The van der Waals surface area contributed by atoms with E-state index in [1.54, 1.807) is 12.0 Å². The van der Waals surface area contributed by atoms with Gasteiger partial charge in [0.25, 0.3) is 0 Å². The van der Waals surface area contributed by atoms with E-state index >= 15 is 0 Å². The van der Waals surface area contributed by atoms with Crippen LogP contribution in [0, 0.1) is 0 Å². The Hall–Kier alpha value is -1.88. The SMILES string of the molecule is COC1CC(CC(=O)O)N(C(=O)CC(C)(C)c2ccccc2)C1. The lowest BCUT2D eigenvalue weighted by atomic mass is 9.81. The van der Waals surface area contributed by atoms with Crippen molar-refractivity contribution in [2.24, 2.45) is 0 Å². The highest BCUT2D eigenvalue weighted by Gasteiger charge is 2.38. The second kappa shape index (κ2) is 7.13. The fourth-order valence-corrected chi connectivity index (χ4v) is 3.22. The number of rotatable bonds is 6. The molecule has 1 N–H and O–H groups in total. The molecule has 1 aliphatic rings. The van der Waals surface area contributed by atoms with Crippen molar-refractivity contribution in [1.82, 2.24) is 4.90 Å². The Morgan fingerprint density at radius 1 is 1.30 bits per heavy atom. The quantitative estimate of drug-likeness (QED) is 0.874. The number of carboxylic acids is 1. The first kappa shape index (κ1) is 17.5. The van der Waals surface area contributed by atoms with Crippen LogP contribution in [0.3, 0.4) is 0 Å². The van der Waals surface area contributed by atoms with Crippen LogP contribution in [0.1, 0.15) is 38.7 Å². The number of carboxylic acid groups (broad SMARTS) is 1. The average Bonchev–Trinajstić information content (AvgIpc) is 2.90. The van der Waals surface area contributed by atoms with Crippen LogP contribution in [0.5, 0.6) is 0 Å². The predicted molar refractivity (Wildman–Crippen MR) is 87.3 cm³/mol. The molecule has 2 rings (SSSR count). The molecule has 1 aromatic carbocycles. The fourth-order valence-electron chi connectivity index (χ4n) is 3.22. The Morgan fingerprint density at radius 3 is 2.52 bits per heavy atom. The number of methoxy groups -OCH3 is 1. The third-order valence-corrected chi connectivity index (χ3v) is 4.59. The van der Waals surface area contributed by atoms with Crippen LogP contribution in [0.25, 0.3) is 0 Å². The van der Waals surface area contributed by atoms with E-state index in [2.05, 4.69) is 0 Å². The van der Waals surface area contributed by atoms with E-state index in [0.717, 1.165) is 5.56 Å². The highest BCUT2D eigenvalue weighted by molar-refractivity contribution is 5.79. The Bertz CT molecular complexity index is 555. The third kappa shape index (κ3) is 4.32. The van der Waals surface area contributed by atoms with Gasteiger partial charge in [-0.3, -0.25) is 9.59 Å². The molecule has 126 valence electrons. The fraction of sp³-hybridized carbons (Fsp3) is 0.556. The zero-order valence-corrected chi connectivity index (χ0v) is 14.0. The van der Waals surface area contributed by atoms with Crippen LogP contribution in [-0.4, -0.2) is 47.7 Å².